The highest BCUT2D eigenvalue weighted by atomic mass is 35.5. The third kappa shape index (κ3) is 5.38. The van der Waals surface area contributed by atoms with Crippen LogP contribution in [0.2, 0.25) is 10.0 Å². The largest absolute Gasteiger partial charge is 0.355 e. The Balaban J connectivity index is 1.58. The summed E-state index contributed by atoms with van der Waals surface area (Å²) in [6, 6.07) is 11.6. The average Bonchev–Trinajstić information content (AvgIpc) is 2.77. The maximum Gasteiger partial charge on any atom is 0.251 e. The van der Waals surface area contributed by atoms with E-state index in [1.807, 2.05) is 6.07 Å². The van der Waals surface area contributed by atoms with E-state index in [9.17, 15) is 18.0 Å². The summed E-state index contributed by atoms with van der Waals surface area (Å²) in [5.41, 5.74) is 1.33. The van der Waals surface area contributed by atoms with Gasteiger partial charge in [-0.25, -0.2) is 8.42 Å². The topological polar surface area (TPSA) is 95.6 Å². The van der Waals surface area contributed by atoms with Crippen LogP contribution in [-0.4, -0.2) is 44.7 Å². The number of sulfonamides is 1. The molecule has 2 aromatic carbocycles. The molecule has 2 N–H and O–H groups in total. The van der Waals surface area contributed by atoms with Crippen molar-refractivity contribution in [3.63, 3.8) is 0 Å². The molecule has 1 saturated heterocycles. The fourth-order valence-corrected chi connectivity index (χ4v) is 6.08. The SMILES string of the molecule is CNC(=O)c1cccc(CNC(=O)C2CCN(S(=O)(=O)c3c(Cl)cccc3Cl)CC2)c1. The van der Waals surface area contributed by atoms with Gasteiger partial charge >= 0.3 is 0 Å². The van der Waals surface area contributed by atoms with Crippen molar-refractivity contribution in [2.75, 3.05) is 20.1 Å². The van der Waals surface area contributed by atoms with E-state index < -0.39 is 10.0 Å². The first-order valence-corrected chi connectivity index (χ1v) is 12.0. The number of carbonyl (C=O) groups is 2. The van der Waals surface area contributed by atoms with Crippen molar-refractivity contribution in [1.82, 2.24) is 14.9 Å². The molecule has 0 spiro atoms. The number of carbonyl (C=O) groups excluding carboxylic acids is 2. The Labute approximate surface area is 191 Å². The number of hydrogen-bond acceptors (Lipinski definition) is 4. The van der Waals surface area contributed by atoms with E-state index in [4.69, 9.17) is 23.2 Å². The minimum Gasteiger partial charge on any atom is -0.355 e. The maximum absolute atomic E-state index is 13.0. The molecule has 0 saturated carbocycles. The Morgan fingerprint density at radius 1 is 1.06 bits per heavy atom. The number of hydrogen-bond donors (Lipinski definition) is 2. The molecule has 3 rings (SSSR count). The molecule has 0 radical (unpaired) electrons. The maximum atomic E-state index is 13.0. The third-order valence-electron chi connectivity index (χ3n) is 5.22. The Bertz CT molecular complexity index is 1060. The van der Waals surface area contributed by atoms with Crippen molar-refractivity contribution in [1.29, 1.82) is 0 Å². The number of halogens is 2. The molecule has 0 bridgehead atoms. The molecule has 10 heteroatoms. The van der Waals surface area contributed by atoms with E-state index in [0.29, 0.717) is 18.4 Å². The lowest BCUT2D eigenvalue weighted by atomic mass is 9.97. The lowest BCUT2D eigenvalue weighted by Crippen LogP contribution is -2.43. The standard InChI is InChI=1S/C21H23Cl2N3O4S/c1-24-20(27)16-5-2-4-14(12-16)13-25-21(28)15-8-10-26(11-9-15)31(29,30)19-17(22)6-3-7-18(19)23/h2-7,12,15H,8-11,13H2,1H3,(H,24,27)(H,25,28). The number of rotatable bonds is 6. The fraction of sp³-hybridized carbons (Fsp3) is 0.333. The van der Waals surface area contributed by atoms with Gasteiger partial charge in [0, 0.05) is 38.2 Å². The van der Waals surface area contributed by atoms with Crippen molar-refractivity contribution < 1.29 is 18.0 Å². The van der Waals surface area contributed by atoms with Crippen LogP contribution in [0.3, 0.4) is 0 Å². The second-order valence-corrected chi connectivity index (χ2v) is 9.92. The summed E-state index contributed by atoms with van der Waals surface area (Å²) in [6.45, 7) is 0.694. The molecule has 0 aliphatic carbocycles. The summed E-state index contributed by atoms with van der Waals surface area (Å²) >= 11 is 12.1. The molecule has 7 nitrogen and oxygen atoms in total. The highest BCUT2D eigenvalue weighted by molar-refractivity contribution is 7.89. The van der Waals surface area contributed by atoms with E-state index in [-0.39, 0.29) is 52.3 Å². The monoisotopic (exact) mass is 483 g/mol. The van der Waals surface area contributed by atoms with Gasteiger partial charge in [-0.1, -0.05) is 41.4 Å². The average molecular weight is 484 g/mol. The summed E-state index contributed by atoms with van der Waals surface area (Å²) in [4.78, 5) is 24.2. The highest BCUT2D eigenvalue weighted by Gasteiger charge is 2.34. The van der Waals surface area contributed by atoms with E-state index in [0.717, 1.165) is 5.56 Å². The first-order chi connectivity index (χ1) is 14.7. The molecule has 31 heavy (non-hydrogen) atoms. The quantitative estimate of drug-likeness (QED) is 0.659. The molecule has 1 aliphatic rings. The molecule has 2 aromatic rings. The van der Waals surface area contributed by atoms with Crippen LogP contribution in [-0.2, 0) is 21.4 Å². The smallest absolute Gasteiger partial charge is 0.251 e. The molecule has 1 fully saturated rings. The Kier molecular flexibility index (Phi) is 7.59. The predicted octanol–water partition coefficient (Wildman–Crippen LogP) is 3.07. The van der Waals surface area contributed by atoms with E-state index >= 15 is 0 Å². The molecular formula is C21H23Cl2N3O4S. The van der Waals surface area contributed by atoms with E-state index in [2.05, 4.69) is 10.6 Å². The normalized spacial score (nSPS) is 15.5. The van der Waals surface area contributed by atoms with Gasteiger partial charge in [0.2, 0.25) is 15.9 Å². The number of nitrogens with zero attached hydrogens (tertiary/aromatic N) is 1. The zero-order valence-electron chi connectivity index (χ0n) is 16.9. The van der Waals surface area contributed by atoms with Gasteiger partial charge in [-0.2, -0.15) is 4.31 Å². The zero-order valence-corrected chi connectivity index (χ0v) is 19.2. The summed E-state index contributed by atoms with van der Waals surface area (Å²) in [5, 5.41) is 5.59. The molecule has 2 amide bonds. The van der Waals surface area contributed by atoms with Crippen LogP contribution in [0, 0.1) is 5.92 Å². The molecule has 1 aliphatic heterocycles. The number of amides is 2. The lowest BCUT2D eigenvalue weighted by molar-refractivity contribution is -0.126. The van der Waals surface area contributed by atoms with Crippen molar-refractivity contribution in [3.05, 3.63) is 63.6 Å². The van der Waals surface area contributed by atoms with Crippen molar-refractivity contribution in [3.8, 4) is 0 Å². The Hall–Kier alpha value is -2.13. The zero-order chi connectivity index (χ0) is 22.6. The summed E-state index contributed by atoms with van der Waals surface area (Å²) in [7, 11) is -2.28. The van der Waals surface area contributed by atoms with Crippen LogP contribution in [0.25, 0.3) is 0 Å². The van der Waals surface area contributed by atoms with Crippen LogP contribution >= 0.6 is 23.2 Å². The fourth-order valence-electron chi connectivity index (χ4n) is 3.52. The van der Waals surface area contributed by atoms with Crippen LogP contribution in [0.4, 0.5) is 0 Å². The summed E-state index contributed by atoms with van der Waals surface area (Å²) in [6.07, 6.45) is 0.789. The highest BCUT2D eigenvalue weighted by Crippen LogP contribution is 2.33. The molecule has 0 aromatic heterocycles. The Morgan fingerprint density at radius 2 is 1.68 bits per heavy atom. The minimum atomic E-state index is -3.84. The first-order valence-electron chi connectivity index (χ1n) is 9.77. The van der Waals surface area contributed by atoms with Gasteiger partial charge < -0.3 is 10.6 Å². The van der Waals surface area contributed by atoms with E-state index in [1.54, 1.807) is 31.3 Å². The first kappa shape index (κ1) is 23.5. The van der Waals surface area contributed by atoms with Crippen molar-refractivity contribution in [2.24, 2.45) is 5.92 Å². The second kappa shape index (κ2) is 9.99. The third-order valence-corrected chi connectivity index (χ3v) is 8.08. The number of piperidine rings is 1. The number of benzene rings is 2. The van der Waals surface area contributed by atoms with Crippen molar-refractivity contribution in [2.45, 2.75) is 24.3 Å². The molecule has 0 atom stereocenters. The van der Waals surface area contributed by atoms with Crippen molar-refractivity contribution >= 4 is 45.0 Å². The van der Waals surface area contributed by atoms with E-state index in [1.165, 1.54) is 16.4 Å². The van der Waals surface area contributed by atoms with Gasteiger partial charge in [0.25, 0.3) is 5.91 Å². The van der Waals surface area contributed by atoms with Gasteiger partial charge in [0.05, 0.1) is 10.0 Å². The molecule has 166 valence electrons. The summed E-state index contributed by atoms with van der Waals surface area (Å²) in [5.74, 6) is -0.631. The van der Waals surface area contributed by atoms with Crippen LogP contribution in [0.1, 0.15) is 28.8 Å². The van der Waals surface area contributed by atoms with Gasteiger partial charge in [-0.3, -0.25) is 9.59 Å². The molecule has 1 heterocycles. The molecular weight excluding hydrogens is 461 g/mol. The van der Waals surface area contributed by atoms with Gasteiger partial charge in [-0.05, 0) is 42.7 Å². The Morgan fingerprint density at radius 3 is 2.29 bits per heavy atom. The van der Waals surface area contributed by atoms with Gasteiger partial charge in [0.1, 0.15) is 4.90 Å². The summed E-state index contributed by atoms with van der Waals surface area (Å²) < 4.78 is 27.2. The van der Waals surface area contributed by atoms with Gasteiger partial charge in [-0.15, -0.1) is 0 Å². The number of nitrogens with one attached hydrogen (secondary N) is 2. The second-order valence-electron chi connectivity index (χ2n) is 7.23. The van der Waals surface area contributed by atoms with Gasteiger partial charge in [0.15, 0.2) is 0 Å². The lowest BCUT2D eigenvalue weighted by Gasteiger charge is -2.31. The minimum absolute atomic E-state index is 0.0753. The predicted molar refractivity (Wildman–Crippen MR) is 120 cm³/mol. The molecule has 0 unspecified atom stereocenters. The van der Waals surface area contributed by atoms with Crippen LogP contribution < -0.4 is 10.6 Å². The van der Waals surface area contributed by atoms with Crippen LogP contribution in [0.15, 0.2) is 47.4 Å². The van der Waals surface area contributed by atoms with Crippen LogP contribution in [0.5, 0.6) is 0 Å².